The summed E-state index contributed by atoms with van der Waals surface area (Å²) in [7, 11) is 4.13. The number of allylic oxidation sites excluding steroid dienone is 1. The summed E-state index contributed by atoms with van der Waals surface area (Å²) in [5.74, 6) is 0. The highest BCUT2D eigenvalue weighted by Crippen LogP contribution is 2.27. The number of nitrogen functional groups attached to an aromatic ring is 1. The maximum absolute atomic E-state index is 5.58. The van der Waals surface area contributed by atoms with Gasteiger partial charge in [0.05, 0.1) is 0 Å². The Morgan fingerprint density at radius 3 is 2.26 bits per heavy atom. The van der Waals surface area contributed by atoms with Crippen LogP contribution in [0.4, 0.5) is 11.4 Å². The van der Waals surface area contributed by atoms with Crippen LogP contribution in [0.3, 0.4) is 0 Å². The third-order valence-electron chi connectivity index (χ3n) is 4.14. The van der Waals surface area contributed by atoms with Gasteiger partial charge in [0, 0.05) is 25.5 Å². The van der Waals surface area contributed by atoms with Crippen molar-refractivity contribution in [2.24, 2.45) is 0 Å². The molecule has 1 aliphatic rings. The van der Waals surface area contributed by atoms with Crippen molar-refractivity contribution in [3.05, 3.63) is 65.2 Å². The van der Waals surface area contributed by atoms with Crippen LogP contribution in [0.1, 0.15) is 37.3 Å². The summed E-state index contributed by atoms with van der Waals surface area (Å²) in [6, 6.07) is 16.7. The summed E-state index contributed by atoms with van der Waals surface area (Å²) >= 11 is 0. The summed E-state index contributed by atoms with van der Waals surface area (Å²) in [5, 5.41) is 0. The van der Waals surface area contributed by atoms with Gasteiger partial charge in [-0.1, -0.05) is 42.8 Å². The van der Waals surface area contributed by atoms with Crippen molar-refractivity contribution in [1.82, 2.24) is 0 Å². The molecule has 0 bridgehead atoms. The van der Waals surface area contributed by atoms with Gasteiger partial charge in [0.1, 0.15) is 0 Å². The van der Waals surface area contributed by atoms with E-state index in [4.69, 9.17) is 5.73 Å². The molecule has 0 heterocycles. The zero-order chi connectivity index (χ0) is 16.7. The Bertz CT molecular complexity index is 633. The number of nitrogens with zero attached hydrogens (tertiary/aromatic N) is 1. The minimum absolute atomic E-state index is 0.839. The van der Waals surface area contributed by atoms with Crippen molar-refractivity contribution >= 4 is 17.5 Å². The quantitative estimate of drug-likeness (QED) is 0.794. The normalized spacial score (nSPS) is 12.7. The van der Waals surface area contributed by atoms with Gasteiger partial charge in [0.25, 0.3) is 0 Å². The summed E-state index contributed by atoms with van der Waals surface area (Å²) in [5.41, 5.74) is 11.9. The molecular weight excluding hydrogens is 280 g/mol. The van der Waals surface area contributed by atoms with Crippen molar-refractivity contribution in [3.8, 4) is 0 Å². The Morgan fingerprint density at radius 2 is 1.74 bits per heavy atom. The average molecular weight is 308 g/mol. The molecule has 1 fully saturated rings. The van der Waals surface area contributed by atoms with Gasteiger partial charge in [0.15, 0.2) is 0 Å². The van der Waals surface area contributed by atoms with E-state index in [0.29, 0.717) is 0 Å². The molecule has 122 valence electrons. The molecule has 2 N–H and O–H groups in total. The standard InChI is InChI=1S/C11H13N.C10H15N/c12-11-6-4-10(5-7-11)8-9-2-1-3-9;1-4-9-6-5-7-10(8-9)11(2)3/h4-8H,1-3,12H2;5-8H,4H2,1-3H3. The van der Waals surface area contributed by atoms with Crippen LogP contribution in [0.2, 0.25) is 0 Å². The minimum atomic E-state index is 0.839. The van der Waals surface area contributed by atoms with E-state index < -0.39 is 0 Å². The fourth-order valence-electron chi connectivity index (χ4n) is 2.41. The van der Waals surface area contributed by atoms with Gasteiger partial charge in [-0.15, -0.1) is 0 Å². The minimum Gasteiger partial charge on any atom is -0.399 e. The molecule has 0 aliphatic heterocycles. The fourth-order valence-corrected chi connectivity index (χ4v) is 2.41. The lowest BCUT2D eigenvalue weighted by atomic mass is 9.91. The van der Waals surface area contributed by atoms with Crippen molar-refractivity contribution in [3.63, 3.8) is 0 Å². The average Bonchev–Trinajstić information content (AvgIpc) is 2.53. The fraction of sp³-hybridized carbons (Fsp3) is 0.333. The zero-order valence-corrected chi connectivity index (χ0v) is 14.5. The van der Waals surface area contributed by atoms with Crippen LogP contribution >= 0.6 is 0 Å². The molecule has 2 heteroatoms. The van der Waals surface area contributed by atoms with Crippen LogP contribution in [0.15, 0.2) is 54.1 Å². The number of hydrogen-bond acceptors (Lipinski definition) is 2. The highest BCUT2D eigenvalue weighted by molar-refractivity contribution is 5.56. The second-order valence-corrected chi connectivity index (χ2v) is 6.24. The number of aryl methyl sites for hydroxylation is 1. The Hall–Kier alpha value is -2.22. The molecular formula is C21H28N2. The molecule has 23 heavy (non-hydrogen) atoms. The van der Waals surface area contributed by atoms with E-state index in [0.717, 1.165) is 12.1 Å². The van der Waals surface area contributed by atoms with E-state index in [-0.39, 0.29) is 0 Å². The van der Waals surface area contributed by atoms with E-state index in [1.54, 1.807) is 5.57 Å². The van der Waals surface area contributed by atoms with Gasteiger partial charge in [-0.3, -0.25) is 0 Å². The first kappa shape index (κ1) is 17.1. The van der Waals surface area contributed by atoms with E-state index in [1.807, 2.05) is 12.1 Å². The summed E-state index contributed by atoms with van der Waals surface area (Å²) in [4.78, 5) is 2.12. The van der Waals surface area contributed by atoms with Crippen LogP contribution in [-0.4, -0.2) is 14.1 Å². The predicted octanol–water partition coefficient (Wildman–Crippen LogP) is 5.15. The molecule has 2 aromatic rings. The molecule has 0 radical (unpaired) electrons. The third-order valence-corrected chi connectivity index (χ3v) is 4.14. The number of nitrogens with two attached hydrogens (primary N) is 1. The molecule has 0 amide bonds. The first-order chi connectivity index (χ1) is 11.1. The number of hydrogen-bond donors (Lipinski definition) is 1. The highest BCUT2D eigenvalue weighted by atomic mass is 15.1. The SMILES string of the molecule is CCc1cccc(N(C)C)c1.Nc1ccc(C=C2CCC2)cc1. The second kappa shape index (κ2) is 8.42. The molecule has 1 saturated carbocycles. The number of benzene rings is 2. The number of anilines is 2. The van der Waals surface area contributed by atoms with E-state index in [2.05, 4.69) is 68.4 Å². The Kier molecular flexibility index (Phi) is 6.28. The van der Waals surface area contributed by atoms with Crippen LogP contribution in [0, 0.1) is 0 Å². The molecule has 0 atom stereocenters. The summed E-state index contributed by atoms with van der Waals surface area (Å²) in [6.07, 6.45) is 7.31. The third kappa shape index (κ3) is 5.48. The topological polar surface area (TPSA) is 29.3 Å². The van der Waals surface area contributed by atoms with Crippen molar-refractivity contribution in [1.29, 1.82) is 0 Å². The monoisotopic (exact) mass is 308 g/mol. The largest absolute Gasteiger partial charge is 0.399 e. The van der Waals surface area contributed by atoms with Gasteiger partial charge < -0.3 is 10.6 Å². The molecule has 3 rings (SSSR count). The molecule has 0 aromatic heterocycles. The van der Waals surface area contributed by atoms with Gasteiger partial charge in [0.2, 0.25) is 0 Å². The van der Waals surface area contributed by atoms with E-state index >= 15 is 0 Å². The maximum Gasteiger partial charge on any atom is 0.0363 e. The van der Waals surface area contributed by atoms with Crippen molar-refractivity contribution in [2.45, 2.75) is 32.6 Å². The van der Waals surface area contributed by atoms with Crippen LogP contribution in [-0.2, 0) is 6.42 Å². The maximum atomic E-state index is 5.58. The summed E-state index contributed by atoms with van der Waals surface area (Å²) < 4.78 is 0. The second-order valence-electron chi connectivity index (χ2n) is 6.24. The van der Waals surface area contributed by atoms with E-state index in [9.17, 15) is 0 Å². The summed E-state index contributed by atoms with van der Waals surface area (Å²) in [6.45, 7) is 2.18. The molecule has 2 nitrogen and oxygen atoms in total. The van der Waals surface area contributed by atoms with Crippen LogP contribution in [0.5, 0.6) is 0 Å². The van der Waals surface area contributed by atoms with Gasteiger partial charge in [-0.25, -0.2) is 0 Å². The highest BCUT2D eigenvalue weighted by Gasteiger charge is 2.07. The zero-order valence-electron chi connectivity index (χ0n) is 14.5. The van der Waals surface area contributed by atoms with Gasteiger partial charge in [-0.2, -0.15) is 0 Å². The number of rotatable bonds is 3. The lowest BCUT2D eigenvalue weighted by Gasteiger charge is -2.15. The Balaban J connectivity index is 0.000000168. The molecule has 0 spiro atoms. The lowest BCUT2D eigenvalue weighted by Crippen LogP contribution is -2.08. The van der Waals surface area contributed by atoms with Gasteiger partial charge in [-0.05, 0) is 61.1 Å². The Morgan fingerprint density at radius 1 is 1.04 bits per heavy atom. The molecule has 1 aliphatic carbocycles. The first-order valence-corrected chi connectivity index (χ1v) is 8.39. The first-order valence-electron chi connectivity index (χ1n) is 8.39. The smallest absolute Gasteiger partial charge is 0.0363 e. The predicted molar refractivity (Wildman–Crippen MR) is 103 cm³/mol. The van der Waals surface area contributed by atoms with Crippen LogP contribution in [0.25, 0.3) is 6.08 Å². The molecule has 0 saturated heterocycles. The van der Waals surface area contributed by atoms with Crippen molar-refractivity contribution in [2.75, 3.05) is 24.7 Å². The Labute approximate surface area is 140 Å². The molecule has 0 unspecified atom stereocenters. The van der Waals surface area contributed by atoms with E-state index in [1.165, 1.54) is 36.1 Å². The molecule has 2 aromatic carbocycles. The van der Waals surface area contributed by atoms with Crippen LogP contribution < -0.4 is 10.6 Å². The van der Waals surface area contributed by atoms with Gasteiger partial charge >= 0.3 is 0 Å². The van der Waals surface area contributed by atoms with Crippen molar-refractivity contribution < 1.29 is 0 Å². The lowest BCUT2D eigenvalue weighted by molar-refractivity contribution is 0.670.